The molecular weight excluding hydrogens is 410 g/mol. The van der Waals surface area contributed by atoms with Gasteiger partial charge in [0.15, 0.2) is 5.96 Å². The molecule has 0 radical (unpaired) electrons. The van der Waals surface area contributed by atoms with Gasteiger partial charge in [-0.1, -0.05) is 25.1 Å². The van der Waals surface area contributed by atoms with E-state index in [-0.39, 0.29) is 5.91 Å². The van der Waals surface area contributed by atoms with E-state index in [2.05, 4.69) is 34.6 Å². The van der Waals surface area contributed by atoms with Gasteiger partial charge in [0, 0.05) is 50.3 Å². The molecule has 0 fully saturated rings. The fourth-order valence-corrected chi connectivity index (χ4v) is 3.91. The topological polar surface area (TPSA) is 78.6 Å². The molecule has 0 aliphatic rings. The van der Waals surface area contributed by atoms with Gasteiger partial charge in [-0.15, -0.1) is 22.0 Å². The number of aliphatic imine (C=N–C) groups is 1. The van der Waals surface area contributed by atoms with Gasteiger partial charge in [-0.25, -0.2) is 0 Å². The van der Waals surface area contributed by atoms with E-state index in [0.717, 1.165) is 30.5 Å². The van der Waals surface area contributed by atoms with Crippen molar-refractivity contribution in [3.05, 3.63) is 42.5 Å². The Morgan fingerprint density at radius 2 is 1.94 bits per heavy atom. The third kappa shape index (κ3) is 8.24. The molecule has 2 rings (SSSR count). The molecule has 1 heterocycles. The first-order valence-corrected chi connectivity index (χ1v) is 11.9. The molecule has 1 aromatic carbocycles. The molecule has 1 aromatic heterocycles. The lowest BCUT2D eigenvalue weighted by Gasteiger charge is -2.26. The molecule has 0 spiro atoms. The number of nitrogens with zero attached hydrogens (tertiary/aromatic N) is 6. The van der Waals surface area contributed by atoms with Gasteiger partial charge in [-0.3, -0.25) is 9.79 Å². The van der Waals surface area contributed by atoms with Gasteiger partial charge in [0.1, 0.15) is 12.2 Å². The fraction of sp³-hybridized carbons (Fsp3) is 0.545. The Kier molecular flexibility index (Phi) is 10.9. The lowest BCUT2D eigenvalue weighted by molar-refractivity contribution is -0.131. The molecule has 8 nitrogen and oxygen atoms in total. The minimum absolute atomic E-state index is 0.104. The van der Waals surface area contributed by atoms with Crippen molar-refractivity contribution in [1.29, 1.82) is 0 Å². The molecular formula is C22H35N7OS. The minimum Gasteiger partial charge on any atom is -0.355 e. The summed E-state index contributed by atoms with van der Waals surface area (Å²) in [5.41, 5.74) is 0. The van der Waals surface area contributed by atoms with Crippen molar-refractivity contribution in [1.82, 2.24) is 29.9 Å². The van der Waals surface area contributed by atoms with Crippen molar-refractivity contribution in [2.75, 3.05) is 45.5 Å². The summed E-state index contributed by atoms with van der Waals surface area (Å²) < 4.78 is 2.02. The first-order chi connectivity index (χ1) is 15.1. The molecule has 170 valence electrons. The van der Waals surface area contributed by atoms with Gasteiger partial charge in [-0.05, 0) is 26.0 Å². The zero-order valence-corrected chi connectivity index (χ0v) is 19.9. The third-order valence-corrected chi connectivity index (χ3v) is 5.88. The van der Waals surface area contributed by atoms with Crippen LogP contribution in [0.3, 0.4) is 0 Å². The molecule has 0 unspecified atom stereocenters. The highest BCUT2D eigenvalue weighted by atomic mass is 32.2. The standard InChI is InChI=1S/C22H35N7OS/c1-5-20-26-25-18-29(20)15-13-23-22(27(4)17-21(30)28(6-2)7-3)24-14-16-31-19-11-9-8-10-12-19/h8-12,18H,5-7,13-17H2,1-4H3,(H,23,24). The normalized spacial score (nSPS) is 11.4. The highest BCUT2D eigenvalue weighted by Crippen LogP contribution is 2.15. The highest BCUT2D eigenvalue weighted by Gasteiger charge is 2.15. The van der Waals surface area contributed by atoms with Crippen LogP contribution in [0.25, 0.3) is 0 Å². The third-order valence-electron chi connectivity index (χ3n) is 4.86. The Morgan fingerprint density at radius 3 is 2.61 bits per heavy atom. The summed E-state index contributed by atoms with van der Waals surface area (Å²) in [5, 5.41) is 11.5. The average molecular weight is 446 g/mol. The molecule has 0 saturated carbocycles. The summed E-state index contributed by atoms with van der Waals surface area (Å²) in [6.07, 6.45) is 2.58. The van der Waals surface area contributed by atoms with Gasteiger partial charge in [0.25, 0.3) is 0 Å². The predicted molar refractivity (Wildman–Crippen MR) is 127 cm³/mol. The highest BCUT2D eigenvalue weighted by molar-refractivity contribution is 7.99. The molecule has 9 heteroatoms. The maximum absolute atomic E-state index is 12.6. The van der Waals surface area contributed by atoms with Crippen molar-refractivity contribution in [3.8, 4) is 0 Å². The van der Waals surface area contributed by atoms with Crippen LogP contribution in [-0.4, -0.2) is 82.0 Å². The number of nitrogens with one attached hydrogen (secondary N) is 1. The van der Waals surface area contributed by atoms with E-state index >= 15 is 0 Å². The number of aromatic nitrogens is 3. The maximum Gasteiger partial charge on any atom is 0.242 e. The van der Waals surface area contributed by atoms with E-state index in [0.29, 0.717) is 32.7 Å². The Hall–Kier alpha value is -2.55. The average Bonchev–Trinajstić information content (AvgIpc) is 3.24. The van der Waals surface area contributed by atoms with Crippen LogP contribution in [0.1, 0.15) is 26.6 Å². The monoisotopic (exact) mass is 445 g/mol. The van der Waals surface area contributed by atoms with Crippen LogP contribution >= 0.6 is 11.8 Å². The molecule has 0 bridgehead atoms. The van der Waals surface area contributed by atoms with Crippen LogP contribution in [-0.2, 0) is 17.8 Å². The molecule has 0 atom stereocenters. The van der Waals surface area contributed by atoms with E-state index in [1.165, 1.54) is 4.90 Å². The summed E-state index contributed by atoms with van der Waals surface area (Å²) in [4.78, 5) is 22.3. The Bertz CT molecular complexity index is 805. The lowest BCUT2D eigenvalue weighted by Crippen LogP contribution is -2.46. The summed E-state index contributed by atoms with van der Waals surface area (Å²) in [5.74, 6) is 2.70. The number of hydrogen-bond donors (Lipinski definition) is 1. The van der Waals surface area contributed by atoms with Crippen molar-refractivity contribution in [2.45, 2.75) is 38.6 Å². The molecule has 0 aliphatic heterocycles. The van der Waals surface area contributed by atoms with Gasteiger partial charge in [0.2, 0.25) is 5.91 Å². The molecule has 1 amide bonds. The molecule has 1 N–H and O–H groups in total. The predicted octanol–water partition coefficient (Wildman–Crippen LogP) is 2.38. The summed E-state index contributed by atoms with van der Waals surface area (Å²) in [6.45, 7) is 9.84. The van der Waals surface area contributed by atoms with Gasteiger partial charge >= 0.3 is 0 Å². The Labute approximate surface area is 190 Å². The second-order valence-corrected chi connectivity index (χ2v) is 8.18. The second-order valence-electron chi connectivity index (χ2n) is 7.01. The molecule has 31 heavy (non-hydrogen) atoms. The number of amides is 1. The van der Waals surface area contributed by atoms with E-state index in [9.17, 15) is 4.79 Å². The quantitative estimate of drug-likeness (QED) is 0.234. The van der Waals surface area contributed by atoms with Crippen LogP contribution < -0.4 is 5.32 Å². The number of carbonyl (C=O) groups excluding carboxylic acids is 1. The molecule has 0 aliphatic carbocycles. The van der Waals surface area contributed by atoms with Gasteiger partial charge in [0.05, 0.1) is 13.1 Å². The summed E-state index contributed by atoms with van der Waals surface area (Å²) in [7, 11) is 1.91. The van der Waals surface area contributed by atoms with E-state index in [4.69, 9.17) is 4.99 Å². The zero-order valence-electron chi connectivity index (χ0n) is 19.1. The number of carbonyl (C=O) groups is 1. The van der Waals surface area contributed by atoms with E-state index < -0.39 is 0 Å². The smallest absolute Gasteiger partial charge is 0.242 e. The van der Waals surface area contributed by atoms with Crippen molar-refractivity contribution < 1.29 is 4.79 Å². The van der Waals surface area contributed by atoms with Crippen LogP contribution in [0.2, 0.25) is 0 Å². The lowest BCUT2D eigenvalue weighted by atomic mass is 10.4. The fourth-order valence-electron chi connectivity index (χ4n) is 3.12. The Morgan fingerprint density at radius 1 is 1.19 bits per heavy atom. The Balaban J connectivity index is 1.96. The van der Waals surface area contributed by atoms with Crippen LogP contribution in [0.4, 0.5) is 0 Å². The van der Waals surface area contributed by atoms with Gasteiger partial charge in [-0.2, -0.15) is 0 Å². The number of rotatable bonds is 12. The van der Waals surface area contributed by atoms with Crippen LogP contribution in [0, 0.1) is 0 Å². The summed E-state index contributed by atoms with van der Waals surface area (Å²) in [6, 6.07) is 10.3. The maximum atomic E-state index is 12.6. The number of hydrogen-bond acceptors (Lipinski definition) is 5. The molecule has 0 saturated heterocycles. The number of aryl methyl sites for hydroxylation is 1. The van der Waals surface area contributed by atoms with Crippen molar-refractivity contribution in [3.63, 3.8) is 0 Å². The van der Waals surface area contributed by atoms with Crippen LogP contribution in [0.15, 0.2) is 46.5 Å². The van der Waals surface area contributed by atoms with E-state index in [1.807, 2.05) is 53.5 Å². The summed E-state index contributed by atoms with van der Waals surface area (Å²) >= 11 is 1.80. The van der Waals surface area contributed by atoms with Crippen LogP contribution in [0.5, 0.6) is 0 Å². The number of likely N-dealkylation sites (N-methyl/N-ethyl adjacent to an activating group) is 2. The first kappa shape index (κ1) is 24.7. The number of guanidine groups is 1. The largest absolute Gasteiger partial charge is 0.355 e. The number of thioether (sulfide) groups is 1. The molecule has 2 aromatic rings. The first-order valence-electron chi connectivity index (χ1n) is 10.9. The second kappa shape index (κ2) is 13.7. The zero-order chi connectivity index (χ0) is 22.5. The van der Waals surface area contributed by atoms with E-state index in [1.54, 1.807) is 18.1 Å². The van der Waals surface area contributed by atoms with Gasteiger partial charge < -0.3 is 19.7 Å². The number of benzene rings is 1. The van der Waals surface area contributed by atoms with Crippen molar-refractivity contribution >= 4 is 23.6 Å². The van der Waals surface area contributed by atoms with Crippen molar-refractivity contribution in [2.24, 2.45) is 4.99 Å². The minimum atomic E-state index is 0.104. The SMILES string of the molecule is CCc1nncn1CCN=C(NCCSc1ccccc1)N(C)CC(=O)N(CC)CC.